The number of hydrogen-bond acceptors (Lipinski definition) is 4. The second-order valence-electron chi connectivity index (χ2n) is 5.15. The number of methoxy groups -OCH3 is 1. The van der Waals surface area contributed by atoms with Gasteiger partial charge in [-0.2, -0.15) is 0 Å². The molecule has 2 unspecified atom stereocenters. The lowest BCUT2D eigenvalue weighted by atomic mass is 10.1. The molecule has 0 radical (unpaired) electrons. The molecule has 0 saturated heterocycles. The van der Waals surface area contributed by atoms with Gasteiger partial charge in [0.15, 0.2) is 0 Å². The molecule has 1 heterocycles. The van der Waals surface area contributed by atoms with Crippen molar-refractivity contribution in [3.05, 3.63) is 45.9 Å². The summed E-state index contributed by atoms with van der Waals surface area (Å²) in [6, 6.07) is 8.96. The Kier molecular flexibility index (Phi) is 5.15. The van der Waals surface area contributed by atoms with E-state index in [9.17, 15) is 0 Å². The summed E-state index contributed by atoms with van der Waals surface area (Å²) in [4.78, 5) is 5.70. The highest BCUT2D eigenvalue weighted by Gasteiger charge is 2.12. The SMILES string of the molecule is COc1ccc(CC(C)NC(C)c2ncc(C)s2)cc1. The van der Waals surface area contributed by atoms with Gasteiger partial charge < -0.3 is 10.1 Å². The highest BCUT2D eigenvalue weighted by atomic mass is 32.1. The highest BCUT2D eigenvalue weighted by molar-refractivity contribution is 7.11. The molecule has 0 spiro atoms. The van der Waals surface area contributed by atoms with E-state index in [1.807, 2.05) is 18.3 Å². The summed E-state index contributed by atoms with van der Waals surface area (Å²) in [5.74, 6) is 0.904. The minimum Gasteiger partial charge on any atom is -0.497 e. The van der Waals surface area contributed by atoms with Crippen molar-refractivity contribution in [2.75, 3.05) is 7.11 Å². The fraction of sp³-hybridized carbons (Fsp3) is 0.438. The number of benzene rings is 1. The van der Waals surface area contributed by atoms with Crippen LogP contribution in [0, 0.1) is 6.92 Å². The Morgan fingerprint density at radius 1 is 1.25 bits per heavy atom. The van der Waals surface area contributed by atoms with Crippen molar-refractivity contribution in [2.24, 2.45) is 0 Å². The van der Waals surface area contributed by atoms with Gasteiger partial charge in [0, 0.05) is 17.1 Å². The third kappa shape index (κ3) is 4.05. The first-order valence-electron chi connectivity index (χ1n) is 6.89. The molecule has 0 aliphatic carbocycles. The molecule has 1 aromatic heterocycles. The Labute approximate surface area is 125 Å². The van der Waals surface area contributed by atoms with E-state index in [4.69, 9.17) is 4.74 Å². The van der Waals surface area contributed by atoms with E-state index in [1.165, 1.54) is 10.4 Å². The zero-order valence-corrected chi connectivity index (χ0v) is 13.3. The summed E-state index contributed by atoms with van der Waals surface area (Å²) in [5.41, 5.74) is 1.31. The number of nitrogens with zero attached hydrogens (tertiary/aromatic N) is 1. The van der Waals surface area contributed by atoms with Gasteiger partial charge in [-0.3, -0.25) is 0 Å². The first-order chi connectivity index (χ1) is 9.58. The lowest BCUT2D eigenvalue weighted by molar-refractivity contribution is 0.414. The van der Waals surface area contributed by atoms with Crippen LogP contribution in [-0.4, -0.2) is 18.1 Å². The molecule has 2 rings (SSSR count). The lowest BCUT2D eigenvalue weighted by Crippen LogP contribution is -2.30. The highest BCUT2D eigenvalue weighted by Crippen LogP contribution is 2.20. The molecule has 4 heteroatoms. The molecule has 0 amide bonds. The zero-order valence-electron chi connectivity index (χ0n) is 12.5. The number of aryl methyl sites for hydroxylation is 1. The van der Waals surface area contributed by atoms with Crippen molar-refractivity contribution in [2.45, 2.75) is 39.3 Å². The number of aromatic nitrogens is 1. The monoisotopic (exact) mass is 290 g/mol. The van der Waals surface area contributed by atoms with Crippen molar-refractivity contribution >= 4 is 11.3 Å². The minimum absolute atomic E-state index is 0.293. The largest absolute Gasteiger partial charge is 0.497 e. The van der Waals surface area contributed by atoms with Crippen LogP contribution in [0.15, 0.2) is 30.5 Å². The average molecular weight is 290 g/mol. The molecule has 0 aliphatic heterocycles. The molecule has 3 nitrogen and oxygen atoms in total. The number of hydrogen-bond donors (Lipinski definition) is 1. The molecule has 20 heavy (non-hydrogen) atoms. The van der Waals surface area contributed by atoms with Gasteiger partial charge in [-0.05, 0) is 44.9 Å². The molecule has 0 saturated carbocycles. The van der Waals surface area contributed by atoms with Crippen molar-refractivity contribution in [3.63, 3.8) is 0 Å². The topological polar surface area (TPSA) is 34.1 Å². The smallest absolute Gasteiger partial charge is 0.118 e. The fourth-order valence-electron chi connectivity index (χ4n) is 2.24. The van der Waals surface area contributed by atoms with Crippen molar-refractivity contribution in [3.8, 4) is 5.75 Å². The molecule has 108 valence electrons. The molecule has 0 fully saturated rings. The maximum absolute atomic E-state index is 5.18. The maximum Gasteiger partial charge on any atom is 0.118 e. The predicted octanol–water partition coefficient (Wildman–Crippen LogP) is 3.74. The van der Waals surface area contributed by atoms with Gasteiger partial charge in [0.25, 0.3) is 0 Å². The van der Waals surface area contributed by atoms with Gasteiger partial charge in [0.1, 0.15) is 10.8 Å². The summed E-state index contributed by atoms with van der Waals surface area (Å²) in [6.07, 6.45) is 2.94. The molecular formula is C16H22N2OS. The maximum atomic E-state index is 5.18. The molecule has 2 atom stereocenters. The van der Waals surface area contributed by atoms with Crippen LogP contribution in [-0.2, 0) is 6.42 Å². The van der Waals surface area contributed by atoms with Crippen LogP contribution >= 0.6 is 11.3 Å². The normalized spacial score (nSPS) is 14.0. The number of thiazole rings is 1. The molecular weight excluding hydrogens is 268 g/mol. The second kappa shape index (κ2) is 6.86. The van der Waals surface area contributed by atoms with Crippen molar-refractivity contribution in [1.82, 2.24) is 10.3 Å². The van der Waals surface area contributed by atoms with Crippen LogP contribution in [0.25, 0.3) is 0 Å². The Bertz CT molecular complexity index is 536. The first kappa shape index (κ1) is 15.0. The number of rotatable bonds is 6. The van der Waals surface area contributed by atoms with Crippen LogP contribution in [0.5, 0.6) is 5.75 Å². The zero-order chi connectivity index (χ0) is 14.5. The van der Waals surface area contributed by atoms with Gasteiger partial charge in [0.05, 0.1) is 13.2 Å². The molecule has 1 aromatic carbocycles. The van der Waals surface area contributed by atoms with E-state index >= 15 is 0 Å². The Morgan fingerprint density at radius 2 is 1.95 bits per heavy atom. The Balaban J connectivity index is 1.89. The van der Waals surface area contributed by atoms with E-state index in [2.05, 4.69) is 43.2 Å². The van der Waals surface area contributed by atoms with Gasteiger partial charge in [-0.1, -0.05) is 12.1 Å². The van der Waals surface area contributed by atoms with E-state index < -0.39 is 0 Å². The van der Waals surface area contributed by atoms with Gasteiger partial charge in [-0.15, -0.1) is 11.3 Å². The van der Waals surface area contributed by atoms with E-state index in [-0.39, 0.29) is 0 Å². The average Bonchev–Trinajstić information content (AvgIpc) is 2.86. The van der Waals surface area contributed by atoms with Crippen LogP contribution in [0.2, 0.25) is 0 Å². The van der Waals surface area contributed by atoms with Gasteiger partial charge >= 0.3 is 0 Å². The third-order valence-corrected chi connectivity index (χ3v) is 4.34. The second-order valence-corrected chi connectivity index (χ2v) is 6.42. The van der Waals surface area contributed by atoms with Crippen LogP contribution in [0.4, 0.5) is 0 Å². The van der Waals surface area contributed by atoms with Crippen molar-refractivity contribution < 1.29 is 4.74 Å². The summed E-state index contributed by atoms with van der Waals surface area (Å²) < 4.78 is 5.18. The number of nitrogens with one attached hydrogen (secondary N) is 1. The van der Waals surface area contributed by atoms with Crippen LogP contribution < -0.4 is 10.1 Å². The molecule has 2 aromatic rings. The predicted molar refractivity (Wildman–Crippen MR) is 84.6 cm³/mol. The quantitative estimate of drug-likeness (QED) is 0.880. The Hall–Kier alpha value is -1.39. The van der Waals surface area contributed by atoms with Gasteiger partial charge in [-0.25, -0.2) is 4.98 Å². The lowest BCUT2D eigenvalue weighted by Gasteiger charge is -2.18. The standard InChI is InChI=1S/C16H22N2OS/c1-11(9-14-5-7-15(19-4)8-6-14)18-13(3)16-17-10-12(2)20-16/h5-8,10-11,13,18H,9H2,1-4H3. The third-order valence-electron chi connectivity index (χ3n) is 3.25. The molecule has 0 aliphatic rings. The first-order valence-corrected chi connectivity index (χ1v) is 7.71. The van der Waals surface area contributed by atoms with Crippen LogP contribution in [0.1, 0.15) is 35.3 Å². The van der Waals surface area contributed by atoms with Crippen molar-refractivity contribution in [1.29, 1.82) is 0 Å². The van der Waals surface area contributed by atoms with E-state index in [0.29, 0.717) is 12.1 Å². The van der Waals surface area contributed by atoms with Crippen LogP contribution in [0.3, 0.4) is 0 Å². The van der Waals surface area contributed by atoms with E-state index in [0.717, 1.165) is 17.2 Å². The Morgan fingerprint density at radius 3 is 2.50 bits per heavy atom. The summed E-state index contributed by atoms with van der Waals surface area (Å²) in [7, 11) is 1.69. The summed E-state index contributed by atoms with van der Waals surface area (Å²) in [6.45, 7) is 6.47. The summed E-state index contributed by atoms with van der Waals surface area (Å²) >= 11 is 1.76. The van der Waals surface area contributed by atoms with E-state index in [1.54, 1.807) is 18.4 Å². The minimum atomic E-state index is 0.293. The van der Waals surface area contributed by atoms with Gasteiger partial charge in [0.2, 0.25) is 0 Å². The molecule has 1 N–H and O–H groups in total. The summed E-state index contributed by atoms with van der Waals surface area (Å²) in [5, 5.41) is 4.76. The molecule has 0 bridgehead atoms. The fourth-order valence-corrected chi connectivity index (χ4v) is 3.03. The number of ether oxygens (including phenoxy) is 1.